The third-order valence-corrected chi connectivity index (χ3v) is 8.88. The van der Waals surface area contributed by atoms with E-state index in [9.17, 15) is 4.79 Å². The maximum Gasteiger partial charge on any atom is 0.236 e. The molecule has 6 rings (SSSR count). The molecular formula is C30H38N6O. The van der Waals surface area contributed by atoms with Crippen molar-refractivity contribution in [3.05, 3.63) is 53.0 Å². The normalized spacial score (nSPS) is 21.7. The minimum atomic E-state index is 0.272. The Morgan fingerprint density at radius 1 is 1.14 bits per heavy atom. The van der Waals surface area contributed by atoms with Crippen LogP contribution in [0.15, 0.2) is 30.7 Å². The highest BCUT2D eigenvalue weighted by Gasteiger charge is 2.42. The molecule has 1 aliphatic heterocycles. The van der Waals surface area contributed by atoms with E-state index in [-0.39, 0.29) is 5.91 Å². The van der Waals surface area contributed by atoms with Gasteiger partial charge < -0.3 is 14.8 Å². The number of benzene rings is 1. The van der Waals surface area contributed by atoms with E-state index in [0.29, 0.717) is 30.2 Å². The minimum Gasteiger partial charge on any atom is -0.354 e. The number of aromatic nitrogens is 4. The van der Waals surface area contributed by atoms with E-state index < -0.39 is 0 Å². The molecular weight excluding hydrogens is 460 g/mol. The summed E-state index contributed by atoms with van der Waals surface area (Å²) in [7, 11) is 3.93. The molecule has 194 valence electrons. The number of hydrogen-bond donors (Lipinski definition) is 1. The number of nitrogens with zero attached hydrogens (tertiary/aromatic N) is 5. The van der Waals surface area contributed by atoms with Crippen molar-refractivity contribution in [3.63, 3.8) is 0 Å². The molecule has 0 radical (unpaired) electrons. The van der Waals surface area contributed by atoms with Gasteiger partial charge in [-0.05, 0) is 98.8 Å². The van der Waals surface area contributed by atoms with Gasteiger partial charge in [0.2, 0.25) is 5.91 Å². The number of aromatic amines is 1. The summed E-state index contributed by atoms with van der Waals surface area (Å²) in [5.41, 5.74) is 9.77. The molecule has 2 atom stereocenters. The molecule has 3 aromatic heterocycles. The van der Waals surface area contributed by atoms with Gasteiger partial charge in [0.15, 0.2) is 5.65 Å². The molecule has 7 heteroatoms. The molecule has 2 aliphatic rings. The van der Waals surface area contributed by atoms with Crippen LogP contribution in [0.1, 0.15) is 60.8 Å². The Balaban J connectivity index is 1.32. The molecule has 1 aromatic carbocycles. The lowest BCUT2D eigenvalue weighted by atomic mass is 9.90. The fraction of sp³-hybridized carbons (Fsp3) is 0.500. The topological polar surface area (TPSA) is 69.5 Å². The number of fused-ring (bicyclic) bond motifs is 3. The summed E-state index contributed by atoms with van der Waals surface area (Å²) in [6.07, 6.45) is 6.31. The van der Waals surface area contributed by atoms with E-state index >= 15 is 0 Å². The first kappa shape index (κ1) is 24.2. The maximum atomic E-state index is 12.6. The van der Waals surface area contributed by atoms with Gasteiger partial charge in [0, 0.05) is 35.8 Å². The number of pyridine rings is 1. The van der Waals surface area contributed by atoms with E-state index in [4.69, 9.17) is 0 Å². The lowest BCUT2D eigenvalue weighted by Gasteiger charge is -2.21. The largest absolute Gasteiger partial charge is 0.354 e. The number of aryl methyl sites for hydroxylation is 1. The molecule has 1 N–H and O–H groups in total. The van der Waals surface area contributed by atoms with Crippen LogP contribution >= 0.6 is 0 Å². The maximum absolute atomic E-state index is 12.6. The van der Waals surface area contributed by atoms with Crippen LogP contribution in [0.4, 0.5) is 0 Å². The first-order valence-electron chi connectivity index (χ1n) is 13.6. The van der Waals surface area contributed by atoms with E-state index in [2.05, 4.69) is 72.2 Å². The van der Waals surface area contributed by atoms with Gasteiger partial charge in [-0.2, -0.15) is 0 Å². The fourth-order valence-corrected chi connectivity index (χ4v) is 6.91. The molecule has 1 aliphatic carbocycles. The van der Waals surface area contributed by atoms with Crippen LogP contribution in [0, 0.1) is 25.7 Å². The average molecular weight is 499 g/mol. The van der Waals surface area contributed by atoms with Gasteiger partial charge in [-0.15, -0.1) is 10.2 Å². The van der Waals surface area contributed by atoms with Crippen LogP contribution in [-0.4, -0.2) is 69.0 Å². The molecule has 37 heavy (non-hydrogen) atoms. The zero-order valence-electron chi connectivity index (χ0n) is 22.9. The van der Waals surface area contributed by atoms with Gasteiger partial charge in [0.25, 0.3) is 0 Å². The summed E-state index contributed by atoms with van der Waals surface area (Å²) in [5.74, 6) is 2.48. The van der Waals surface area contributed by atoms with Crippen LogP contribution in [0.25, 0.3) is 27.8 Å². The Hall–Kier alpha value is -3.19. The van der Waals surface area contributed by atoms with Gasteiger partial charge >= 0.3 is 0 Å². The molecule has 0 spiro atoms. The van der Waals surface area contributed by atoms with Crippen molar-refractivity contribution in [3.8, 4) is 11.3 Å². The van der Waals surface area contributed by atoms with Crippen molar-refractivity contribution in [1.29, 1.82) is 0 Å². The Morgan fingerprint density at radius 3 is 2.54 bits per heavy atom. The van der Waals surface area contributed by atoms with E-state index in [0.717, 1.165) is 18.7 Å². The van der Waals surface area contributed by atoms with Crippen LogP contribution in [0.5, 0.6) is 0 Å². The predicted octanol–water partition coefficient (Wildman–Crippen LogP) is 5.13. The molecule has 0 bridgehead atoms. The van der Waals surface area contributed by atoms with Crippen molar-refractivity contribution in [2.45, 2.75) is 52.4 Å². The number of amides is 1. The second-order valence-electron chi connectivity index (χ2n) is 12.0. The second-order valence-corrected chi connectivity index (χ2v) is 12.0. The molecule has 7 nitrogen and oxygen atoms in total. The van der Waals surface area contributed by atoms with Crippen LogP contribution in [0.3, 0.4) is 0 Å². The standard InChI is InChI=1S/C30H38N6O/c1-17(2)28-24-11-20(21-9-22-12-35(13-23(22)10-21)27(37)15-34(5)6)7-8-26(24)32-29(28)25-14-36-16-31-33-30(36)19(4)18(25)3/h7-8,11,14,16-17,21-23,32H,9-10,12-13,15H2,1-6H3. The first-order chi connectivity index (χ1) is 17.7. The lowest BCUT2D eigenvalue weighted by molar-refractivity contribution is -0.131. The summed E-state index contributed by atoms with van der Waals surface area (Å²) in [6, 6.07) is 7.06. The van der Waals surface area contributed by atoms with Crippen LogP contribution < -0.4 is 0 Å². The third-order valence-electron chi connectivity index (χ3n) is 8.88. The average Bonchev–Trinajstić information content (AvgIpc) is 3.61. The van der Waals surface area contributed by atoms with E-state index in [1.807, 2.05) is 23.4 Å². The van der Waals surface area contributed by atoms with Crippen molar-refractivity contribution >= 4 is 22.5 Å². The van der Waals surface area contributed by atoms with Crippen LogP contribution in [0.2, 0.25) is 0 Å². The number of nitrogens with one attached hydrogen (secondary N) is 1. The molecule has 1 saturated heterocycles. The molecule has 2 fully saturated rings. The summed E-state index contributed by atoms with van der Waals surface area (Å²) < 4.78 is 2.03. The fourth-order valence-electron chi connectivity index (χ4n) is 6.91. The number of carbonyl (C=O) groups is 1. The highest BCUT2D eigenvalue weighted by Crippen LogP contribution is 2.47. The quantitative estimate of drug-likeness (QED) is 0.414. The number of H-pyrrole nitrogens is 1. The van der Waals surface area contributed by atoms with Crippen molar-refractivity contribution in [1.82, 2.24) is 29.4 Å². The Kier molecular flexibility index (Phi) is 5.86. The summed E-state index contributed by atoms with van der Waals surface area (Å²) >= 11 is 0. The smallest absolute Gasteiger partial charge is 0.236 e. The third kappa shape index (κ3) is 4.04. The highest BCUT2D eigenvalue weighted by atomic mass is 16.2. The highest BCUT2D eigenvalue weighted by molar-refractivity contribution is 5.92. The summed E-state index contributed by atoms with van der Waals surface area (Å²) in [5, 5.41) is 9.76. The van der Waals surface area contributed by atoms with Gasteiger partial charge in [-0.1, -0.05) is 19.9 Å². The molecule has 1 amide bonds. The van der Waals surface area contributed by atoms with Crippen molar-refractivity contribution in [2.24, 2.45) is 11.8 Å². The Morgan fingerprint density at radius 2 is 1.86 bits per heavy atom. The number of likely N-dealkylation sites (tertiary alicyclic amines) is 1. The Bertz CT molecular complexity index is 1480. The predicted molar refractivity (Wildman–Crippen MR) is 148 cm³/mol. The van der Waals surface area contributed by atoms with Gasteiger partial charge in [-0.3, -0.25) is 9.20 Å². The Labute approximate surface area is 218 Å². The van der Waals surface area contributed by atoms with E-state index in [1.54, 1.807) is 6.33 Å². The first-order valence-corrected chi connectivity index (χ1v) is 13.6. The summed E-state index contributed by atoms with van der Waals surface area (Å²) in [4.78, 5) is 20.4. The lowest BCUT2D eigenvalue weighted by Crippen LogP contribution is -2.36. The number of rotatable bonds is 5. The van der Waals surface area contributed by atoms with Crippen molar-refractivity contribution < 1.29 is 4.79 Å². The number of carbonyl (C=O) groups excluding carboxylic acids is 1. The zero-order chi connectivity index (χ0) is 26.0. The monoisotopic (exact) mass is 498 g/mol. The second kappa shape index (κ2) is 8.98. The molecule has 2 unspecified atom stereocenters. The number of likely N-dealkylation sites (N-methyl/N-ethyl adjacent to an activating group) is 1. The summed E-state index contributed by atoms with van der Waals surface area (Å²) in [6.45, 7) is 11.2. The molecule has 4 heterocycles. The van der Waals surface area contributed by atoms with E-state index in [1.165, 1.54) is 57.3 Å². The molecule has 4 aromatic rings. The molecule has 1 saturated carbocycles. The van der Waals surface area contributed by atoms with Gasteiger partial charge in [-0.25, -0.2) is 0 Å². The van der Waals surface area contributed by atoms with Crippen LogP contribution in [-0.2, 0) is 4.79 Å². The number of hydrogen-bond acceptors (Lipinski definition) is 4. The SMILES string of the molecule is Cc1c(-c2[nH]c3ccc(C4CC5CN(C(=O)CN(C)C)CC5C4)cc3c2C(C)C)cn2cnnc2c1C. The van der Waals surface area contributed by atoms with Crippen molar-refractivity contribution in [2.75, 3.05) is 33.7 Å². The zero-order valence-corrected chi connectivity index (χ0v) is 22.9. The van der Waals surface area contributed by atoms with Gasteiger partial charge in [0.1, 0.15) is 6.33 Å². The minimum absolute atomic E-state index is 0.272. The van der Waals surface area contributed by atoms with Gasteiger partial charge in [0.05, 0.1) is 12.2 Å².